The second kappa shape index (κ2) is 7.47. The van der Waals surface area contributed by atoms with Gasteiger partial charge in [0.1, 0.15) is 5.00 Å². The Hall–Kier alpha value is -2.14. The Morgan fingerprint density at radius 2 is 2.00 bits per heavy atom. The molecule has 2 aromatic rings. The summed E-state index contributed by atoms with van der Waals surface area (Å²) in [6.45, 7) is 5.89. The summed E-state index contributed by atoms with van der Waals surface area (Å²) >= 11 is 1.60. The van der Waals surface area contributed by atoms with E-state index in [1.807, 2.05) is 36.1 Å². The number of likely N-dealkylation sites (tertiary alicyclic amines) is 1. The molecule has 0 spiro atoms. The molecule has 1 aliphatic carbocycles. The summed E-state index contributed by atoms with van der Waals surface area (Å²) in [4.78, 5) is 29.3. The third-order valence-corrected chi connectivity index (χ3v) is 6.80. The number of amides is 2. The average Bonchev–Trinajstić information content (AvgIpc) is 3.28. The van der Waals surface area contributed by atoms with Gasteiger partial charge in [-0.25, -0.2) is 0 Å². The number of carbonyl (C=O) groups excluding carboxylic acids is 2. The van der Waals surface area contributed by atoms with Crippen LogP contribution in [0.3, 0.4) is 0 Å². The van der Waals surface area contributed by atoms with E-state index in [2.05, 4.69) is 12.2 Å². The van der Waals surface area contributed by atoms with E-state index < -0.39 is 0 Å². The molecule has 2 amide bonds. The van der Waals surface area contributed by atoms with E-state index in [-0.39, 0.29) is 11.8 Å². The quantitative estimate of drug-likeness (QED) is 0.839. The van der Waals surface area contributed by atoms with Crippen molar-refractivity contribution < 1.29 is 9.59 Å². The van der Waals surface area contributed by atoms with E-state index in [4.69, 9.17) is 0 Å². The molecule has 1 aromatic carbocycles. The van der Waals surface area contributed by atoms with Gasteiger partial charge in [-0.2, -0.15) is 0 Å². The number of thiophene rings is 1. The average molecular weight is 383 g/mol. The monoisotopic (exact) mass is 382 g/mol. The predicted octanol–water partition coefficient (Wildman–Crippen LogP) is 4.67. The molecule has 0 unspecified atom stereocenters. The van der Waals surface area contributed by atoms with Crippen molar-refractivity contribution in [1.82, 2.24) is 4.90 Å². The minimum Gasteiger partial charge on any atom is -0.339 e. The normalized spacial score (nSPS) is 19.0. The first kappa shape index (κ1) is 18.2. The fourth-order valence-electron chi connectivity index (χ4n) is 4.11. The van der Waals surface area contributed by atoms with Crippen LogP contribution in [0.5, 0.6) is 0 Å². The maximum absolute atomic E-state index is 13.2. The Morgan fingerprint density at radius 3 is 2.74 bits per heavy atom. The van der Waals surface area contributed by atoms with Crippen molar-refractivity contribution in [3.63, 3.8) is 0 Å². The lowest BCUT2D eigenvalue weighted by Gasteiger charge is -2.21. The lowest BCUT2D eigenvalue weighted by molar-refractivity contribution is 0.0793. The molecule has 4 rings (SSSR count). The van der Waals surface area contributed by atoms with Crippen molar-refractivity contribution in [2.75, 3.05) is 18.4 Å². The minimum absolute atomic E-state index is 0.0964. The van der Waals surface area contributed by atoms with Gasteiger partial charge in [0.05, 0.1) is 5.56 Å². The molecule has 0 bridgehead atoms. The molecular weight excluding hydrogens is 356 g/mol. The first-order valence-electron chi connectivity index (χ1n) is 9.84. The maximum atomic E-state index is 13.2. The van der Waals surface area contributed by atoms with Gasteiger partial charge >= 0.3 is 0 Å². The Kier molecular flexibility index (Phi) is 5.04. The van der Waals surface area contributed by atoms with Crippen molar-refractivity contribution in [1.29, 1.82) is 0 Å². The number of nitrogens with zero attached hydrogens (tertiary/aromatic N) is 1. The summed E-state index contributed by atoms with van der Waals surface area (Å²) in [7, 11) is 0. The van der Waals surface area contributed by atoms with Gasteiger partial charge in [0.15, 0.2) is 0 Å². The highest BCUT2D eigenvalue weighted by Crippen LogP contribution is 2.40. The van der Waals surface area contributed by atoms with Gasteiger partial charge in [0, 0.05) is 23.5 Å². The van der Waals surface area contributed by atoms with Crippen molar-refractivity contribution in [2.24, 2.45) is 5.92 Å². The van der Waals surface area contributed by atoms with Crippen molar-refractivity contribution in [3.8, 4) is 0 Å². The summed E-state index contributed by atoms with van der Waals surface area (Å²) in [6.07, 6.45) is 5.18. The SMILES string of the molecule is Cc1cccc(C(=O)Nc2sc3c(c2C(=O)N2CCCC2)CC[C@@H](C)C3)c1. The molecule has 1 N–H and O–H groups in total. The minimum atomic E-state index is -0.138. The number of hydrogen-bond acceptors (Lipinski definition) is 3. The van der Waals surface area contributed by atoms with Crippen LogP contribution in [-0.4, -0.2) is 29.8 Å². The number of aryl methyl sites for hydroxylation is 1. The van der Waals surface area contributed by atoms with E-state index in [1.54, 1.807) is 11.3 Å². The molecule has 1 aromatic heterocycles. The molecule has 5 heteroatoms. The summed E-state index contributed by atoms with van der Waals surface area (Å²) < 4.78 is 0. The van der Waals surface area contributed by atoms with Gasteiger partial charge < -0.3 is 10.2 Å². The molecule has 1 aliphatic heterocycles. The lowest BCUT2D eigenvalue weighted by Crippen LogP contribution is -2.29. The molecule has 4 nitrogen and oxygen atoms in total. The Labute approximate surface area is 164 Å². The third kappa shape index (κ3) is 3.65. The van der Waals surface area contributed by atoms with Crippen LogP contribution in [0.15, 0.2) is 24.3 Å². The van der Waals surface area contributed by atoms with Crippen LogP contribution in [0.2, 0.25) is 0 Å². The van der Waals surface area contributed by atoms with Crippen LogP contribution < -0.4 is 5.32 Å². The van der Waals surface area contributed by atoms with Gasteiger partial charge in [-0.3, -0.25) is 9.59 Å². The fourth-order valence-corrected chi connectivity index (χ4v) is 5.50. The number of carbonyl (C=O) groups is 2. The largest absolute Gasteiger partial charge is 0.339 e. The Balaban J connectivity index is 1.68. The first-order chi connectivity index (χ1) is 13.0. The zero-order valence-corrected chi connectivity index (χ0v) is 16.8. The molecule has 1 saturated heterocycles. The number of hydrogen-bond donors (Lipinski definition) is 1. The van der Waals surface area contributed by atoms with Gasteiger partial charge in [0.2, 0.25) is 0 Å². The van der Waals surface area contributed by atoms with Gasteiger partial charge in [-0.1, -0.05) is 24.6 Å². The van der Waals surface area contributed by atoms with Crippen molar-refractivity contribution in [2.45, 2.75) is 46.0 Å². The predicted molar refractivity (Wildman–Crippen MR) is 110 cm³/mol. The van der Waals surface area contributed by atoms with E-state index in [0.29, 0.717) is 11.5 Å². The molecule has 142 valence electrons. The fraction of sp³-hybridized carbons (Fsp3) is 0.455. The first-order valence-corrected chi connectivity index (χ1v) is 10.7. The van der Waals surface area contributed by atoms with Crippen LogP contribution in [0.25, 0.3) is 0 Å². The molecule has 2 heterocycles. The van der Waals surface area contributed by atoms with Crippen LogP contribution in [0.1, 0.15) is 62.9 Å². The van der Waals surface area contributed by atoms with Crippen molar-refractivity contribution in [3.05, 3.63) is 51.4 Å². The Morgan fingerprint density at radius 1 is 1.22 bits per heavy atom. The summed E-state index contributed by atoms with van der Waals surface area (Å²) in [5.74, 6) is 0.589. The second-order valence-corrected chi connectivity index (χ2v) is 8.98. The highest BCUT2D eigenvalue weighted by atomic mass is 32.1. The second-order valence-electron chi connectivity index (χ2n) is 7.88. The topological polar surface area (TPSA) is 49.4 Å². The van der Waals surface area contributed by atoms with Gasteiger partial charge in [-0.15, -0.1) is 11.3 Å². The molecular formula is C22H26N2O2S. The van der Waals surface area contributed by atoms with Crippen molar-refractivity contribution >= 4 is 28.2 Å². The third-order valence-electron chi connectivity index (χ3n) is 5.63. The standard InChI is InChI=1S/C22H26N2O2S/c1-14-6-5-7-16(12-14)20(25)23-21-19(22(26)24-10-3-4-11-24)17-9-8-15(2)13-18(17)27-21/h5-7,12,15H,3-4,8-11,13H2,1-2H3,(H,23,25)/t15-/m1/s1. The smallest absolute Gasteiger partial charge is 0.257 e. The summed E-state index contributed by atoms with van der Waals surface area (Å²) in [6, 6.07) is 7.57. The van der Waals surface area contributed by atoms with E-state index in [1.165, 1.54) is 10.4 Å². The van der Waals surface area contributed by atoms with Gasteiger partial charge in [0.25, 0.3) is 11.8 Å². The Bertz CT molecular complexity index is 880. The zero-order valence-electron chi connectivity index (χ0n) is 16.0. The highest BCUT2D eigenvalue weighted by Gasteiger charge is 2.31. The number of nitrogens with one attached hydrogen (secondary N) is 1. The molecule has 0 saturated carbocycles. The zero-order chi connectivity index (χ0) is 19.0. The number of fused-ring (bicyclic) bond motifs is 1. The molecule has 1 atom stereocenters. The number of anilines is 1. The van der Waals surface area contributed by atoms with E-state index in [9.17, 15) is 9.59 Å². The number of benzene rings is 1. The van der Waals surface area contributed by atoms with Crippen LogP contribution in [0.4, 0.5) is 5.00 Å². The molecule has 0 radical (unpaired) electrons. The maximum Gasteiger partial charge on any atom is 0.257 e. The van der Waals surface area contributed by atoms with Crippen LogP contribution in [-0.2, 0) is 12.8 Å². The molecule has 27 heavy (non-hydrogen) atoms. The molecule has 1 fully saturated rings. The lowest BCUT2D eigenvalue weighted by atomic mass is 9.88. The summed E-state index contributed by atoms with van der Waals surface area (Å²) in [5, 5.41) is 3.80. The molecule has 2 aliphatic rings. The number of rotatable bonds is 3. The van der Waals surface area contributed by atoms with Crippen LogP contribution >= 0.6 is 11.3 Å². The van der Waals surface area contributed by atoms with E-state index in [0.717, 1.165) is 61.3 Å². The van der Waals surface area contributed by atoms with E-state index >= 15 is 0 Å². The van der Waals surface area contributed by atoms with Crippen LogP contribution in [0, 0.1) is 12.8 Å². The highest BCUT2D eigenvalue weighted by molar-refractivity contribution is 7.17. The summed E-state index contributed by atoms with van der Waals surface area (Å²) in [5.41, 5.74) is 3.61. The van der Waals surface area contributed by atoms with Gasteiger partial charge in [-0.05, 0) is 62.6 Å².